The van der Waals surface area contributed by atoms with Crippen LogP contribution in [0.15, 0.2) is 21.9 Å². The monoisotopic (exact) mass is 538 g/mol. The van der Waals surface area contributed by atoms with Gasteiger partial charge < -0.3 is 29.1 Å². The van der Waals surface area contributed by atoms with Crippen molar-refractivity contribution < 1.29 is 117 Å². The van der Waals surface area contributed by atoms with Gasteiger partial charge in [-0.2, -0.15) is 0 Å². The Morgan fingerprint density at radius 2 is 1.76 bits per heavy atom. The minimum absolute atomic E-state index is 0. The summed E-state index contributed by atoms with van der Waals surface area (Å²) in [5.41, 5.74) is -2.12. The molecule has 1 aromatic rings. The van der Waals surface area contributed by atoms with Crippen LogP contribution in [0.4, 0.5) is 4.39 Å². The maximum absolute atomic E-state index is 14.8. The molecule has 0 spiro atoms. The number of rotatable bonds is 8. The van der Waals surface area contributed by atoms with Gasteiger partial charge in [0.15, 0.2) is 12.3 Å². The molecule has 1 aliphatic rings. The summed E-state index contributed by atoms with van der Waals surface area (Å²) in [5, 5.41) is 6.57. The van der Waals surface area contributed by atoms with Crippen molar-refractivity contribution in [3.8, 4) is 0 Å². The summed E-state index contributed by atoms with van der Waals surface area (Å²) in [6, 6.07) is 0.761. The van der Waals surface area contributed by atoms with Gasteiger partial charge in [0.05, 0.1) is 7.82 Å². The molecule has 2 rings (SSSR count). The van der Waals surface area contributed by atoms with Crippen LogP contribution >= 0.6 is 35.1 Å². The van der Waals surface area contributed by atoms with Gasteiger partial charge in [-0.3, -0.25) is 32.3 Å². The van der Waals surface area contributed by atoms with E-state index in [0.717, 1.165) is 12.3 Å². The van der Waals surface area contributed by atoms with Crippen LogP contribution in [0.5, 0.6) is 0 Å². The second kappa shape index (κ2) is 13.0. The first-order valence-corrected chi connectivity index (χ1v) is 11.9. The molecule has 2 heterocycles. The average Bonchev–Trinajstić information content (AvgIpc) is 2.75. The first-order chi connectivity index (χ1) is 13.5. The molecule has 1 saturated heterocycles. The third kappa shape index (κ3) is 9.44. The number of phosphoric acid groups is 3. The minimum atomic E-state index is -6.17. The number of aromatic nitrogens is 2. The van der Waals surface area contributed by atoms with Crippen molar-refractivity contribution in [3.05, 3.63) is 33.1 Å². The van der Waals surface area contributed by atoms with E-state index in [9.17, 15) is 47.5 Å². The predicted octanol–water partition coefficient (Wildman–Crippen LogP) is -11.2. The molecule has 0 aliphatic carbocycles. The van der Waals surface area contributed by atoms with Gasteiger partial charge >= 0.3 is 70.1 Å². The van der Waals surface area contributed by atoms with Crippen LogP contribution in [0.25, 0.3) is 0 Å². The SMILES string of the molecule is COP(=O)(O[C@H]1O[C@@H](n2ccc(=O)[nH]c2=O)[C@@](F)(Cl)[C@@H]1O)OP(=O)([O-])OP(=O)([O-])[O-].[Li+].[Li+].[Li+]. The van der Waals surface area contributed by atoms with Crippen molar-refractivity contribution in [2.24, 2.45) is 0 Å². The molecule has 0 radical (unpaired) electrons. The van der Waals surface area contributed by atoms with Gasteiger partial charge in [-0.1, -0.05) is 11.6 Å². The molecule has 1 aromatic heterocycles. The van der Waals surface area contributed by atoms with E-state index < -0.39 is 58.5 Å². The number of hydrogen-bond acceptors (Lipinski definition) is 14. The van der Waals surface area contributed by atoms with Crippen LogP contribution in [0.2, 0.25) is 0 Å². The molecule has 0 bridgehead atoms. The largest absolute Gasteiger partial charge is 1.00 e. The molecule has 0 saturated carbocycles. The van der Waals surface area contributed by atoms with E-state index in [-0.39, 0.29) is 56.6 Å². The van der Waals surface area contributed by atoms with Gasteiger partial charge in [0.2, 0.25) is 6.29 Å². The fraction of sp³-hybridized carbons (Fsp3) is 0.556. The fourth-order valence-corrected chi connectivity index (χ4v) is 5.58. The van der Waals surface area contributed by atoms with Crippen LogP contribution in [-0.2, 0) is 36.1 Å². The number of halogens is 2. The minimum Gasteiger partial charge on any atom is -0.790 e. The van der Waals surface area contributed by atoms with E-state index in [1.54, 1.807) is 4.98 Å². The molecule has 1 aliphatic heterocycles. The van der Waals surface area contributed by atoms with E-state index >= 15 is 0 Å². The van der Waals surface area contributed by atoms with E-state index in [1.807, 2.05) is 0 Å². The second-order valence-electron chi connectivity index (χ2n) is 5.29. The molecule has 2 N–H and O–H groups in total. The number of aromatic amines is 1. The van der Waals surface area contributed by atoms with Crippen LogP contribution in [0.3, 0.4) is 0 Å². The normalized spacial score (nSPS) is 28.4. The Bertz CT molecular complexity index is 1070. The van der Waals surface area contributed by atoms with Gasteiger partial charge in [0.1, 0.15) is 0 Å². The number of H-pyrrole nitrogens is 1. The van der Waals surface area contributed by atoms with Crippen molar-refractivity contribution in [3.63, 3.8) is 0 Å². The molecule has 0 amide bonds. The predicted molar refractivity (Wildman–Crippen MR) is 84.0 cm³/mol. The molecule has 33 heavy (non-hydrogen) atoms. The Balaban J connectivity index is 0. The maximum atomic E-state index is 14.8. The zero-order valence-electron chi connectivity index (χ0n) is 17.2. The van der Waals surface area contributed by atoms with Crippen LogP contribution in [-0.4, -0.2) is 39.3 Å². The number of aliphatic hydroxyl groups excluding tert-OH is 1. The first kappa shape index (κ1) is 36.2. The fourth-order valence-electron chi connectivity index (χ4n) is 2.05. The molecular formula is C9H10ClFLi3N2O14P3. The van der Waals surface area contributed by atoms with E-state index in [2.05, 4.69) is 17.7 Å². The molecular weight excluding hydrogens is 528 g/mol. The maximum Gasteiger partial charge on any atom is 1.00 e. The number of hydrogen-bond donors (Lipinski definition) is 2. The summed E-state index contributed by atoms with van der Waals surface area (Å²) in [5.74, 6) is 0. The Morgan fingerprint density at radius 3 is 2.21 bits per heavy atom. The summed E-state index contributed by atoms with van der Waals surface area (Å²) in [4.78, 5) is 56.8. The van der Waals surface area contributed by atoms with Gasteiger partial charge in [-0.05, 0) is 0 Å². The van der Waals surface area contributed by atoms with Crippen molar-refractivity contribution in [1.82, 2.24) is 9.55 Å². The van der Waals surface area contributed by atoms with Crippen LogP contribution in [0, 0.1) is 0 Å². The van der Waals surface area contributed by atoms with E-state index in [0.29, 0.717) is 11.7 Å². The van der Waals surface area contributed by atoms with Crippen molar-refractivity contribution in [1.29, 1.82) is 0 Å². The molecule has 172 valence electrons. The number of nitrogens with one attached hydrogen (secondary N) is 1. The number of aliphatic hydroxyl groups is 1. The summed E-state index contributed by atoms with van der Waals surface area (Å²) in [7, 11) is -17.3. The first-order valence-electron chi connectivity index (χ1n) is 7.12. The number of phosphoric ester groups is 1. The molecule has 6 atom stereocenters. The van der Waals surface area contributed by atoms with E-state index in [1.165, 1.54) is 0 Å². The molecule has 24 heteroatoms. The van der Waals surface area contributed by atoms with Gasteiger partial charge in [0.25, 0.3) is 18.5 Å². The average molecular weight is 538 g/mol. The summed E-state index contributed by atoms with van der Waals surface area (Å²) < 4.78 is 69.4. The smallest absolute Gasteiger partial charge is 0.790 e. The Morgan fingerprint density at radius 1 is 1.21 bits per heavy atom. The number of nitrogens with zero attached hydrogens (tertiary/aromatic N) is 1. The van der Waals surface area contributed by atoms with Crippen molar-refractivity contribution >= 4 is 35.1 Å². The topological polar surface area (TPSA) is 242 Å². The Labute approximate surface area is 224 Å². The number of ether oxygens (including phenoxy) is 1. The second-order valence-corrected chi connectivity index (χ2v) is 10.4. The van der Waals surface area contributed by atoms with Crippen LogP contribution < -0.4 is 82.5 Å². The van der Waals surface area contributed by atoms with Gasteiger partial charge in [-0.25, -0.2) is 18.1 Å². The van der Waals surface area contributed by atoms with Gasteiger partial charge in [0, 0.05) is 19.4 Å². The van der Waals surface area contributed by atoms with E-state index in [4.69, 9.17) is 16.3 Å². The third-order valence-corrected chi connectivity index (χ3v) is 7.73. The molecule has 2 unspecified atom stereocenters. The molecule has 16 nitrogen and oxygen atoms in total. The molecule has 1 fully saturated rings. The van der Waals surface area contributed by atoms with Crippen molar-refractivity contribution in [2.45, 2.75) is 23.7 Å². The Kier molecular flexibility index (Phi) is 14.3. The number of alkyl halides is 2. The summed E-state index contributed by atoms with van der Waals surface area (Å²) >= 11 is 5.51. The summed E-state index contributed by atoms with van der Waals surface area (Å²) in [6.07, 6.45) is -6.50. The third-order valence-electron chi connectivity index (χ3n) is 3.20. The Hall–Kier alpha value is 1.02. The zero-order valence-corrected chi connectivity index (χ0v) is 20.6. The zero-order chi connectivity index (χ0) is 23.1. The van der Waals surface area contributed by atoms with Gasteiger partial charge in [-0.15, -0.1) is 0 Å². The molecule has 0 aromatic carbocycles. The van der Waals surface area contributed by atoms with Crippen molar-refractivity contribution in [2.75, 3.05) is 7.11 Å². The standard InChI is InChI=1S/C9H13ClFN2O14P3.3Li/c1-23-30(22,27-29(20,21)26-28(17,18)19)25-6-5(15)9(10,11)7(24-6)13-3-2-4(14)12-8(13)16;;;/h2-3,5-7,15H,1H3,(H,20,21)(H,12,14,16)(H2,17,18,19);;;/q;3*+1/p-3/t5-,6-,7-,9-,30?;;;/m1.../s1. The van der Waals surface area contributed by atoms with Crippen LogP contribution in [0.1, 0.15) is 6.23 Å². The summed E-state index contributed by atoms with van der Waals surface area (Å²) in [6.45, 7) is 0. The quantitative estimate of drug-likeness (QED) is 0.177.